The van der Waals surface area contributed by atoms with Crippen molar-refractivity contribution in [3.63, 3.8) is 0 Å². The van der Waals surface area contributed by atoms with Gasteiger partial charge in [-0.05, 0) is 31.0 Å². The molecular weight excluding hydrogens is 270 g/mol. The van der Waals surface area contributed by atoms with Gasteiger partial charge in [0.1, 0.15) is 12.3 Å². The van der Waals surface area contributed by atoms with Crippen LogP contribution in [0.25, 0.3) is 0 Å². The molecule has 2 rings (SSSR count). The number of carboxylic acids is 1. The van der Waals surface area contributed by atoms with E-state index in [1.807, 2.05) is 0 Å². The highest BCUT2D eigenvalue weighted by molar-refractivity contribution is 6.30. The van der Waals surface area contributed by atoms with Crippen molar-refractivity contribution in [2.24, 2.45) is 0 Å². The van der Waals surface area contributed by atoms with E-state index in [2.05, 4.69) is 0 Å². The van der Waals surface area contributed by atoms with Gasteiger partial charge in [0.05, 0.1) is 0 Å². The van der Waals surface area contributed by atoms with Crippen LogP contribution in [0.15, 0.2) is 24.3 Å². The molecule has 0 radical (unpaired) electrons. The monoisotopic (exact) mass is 283 g/mol. The molecule has 0 spiro atoms. The third-order valence-corrected chi connectivity index (χ3v) is 3.01. The minimum absolute atomic E-state index is 0.0477. The maximum absolute atomic E-state index is 11.9. The van der Waals surface area contributed by atoms with E-state index in [0.29, 0.717) is 10.8 Å². The molecule has 0 aliphatic heterocycles. The van der Waals surface area contributed by atoms with Gasteiger partial charge in [-0.3, -0.25) is 9.59 Å². The Balaban J connectivity index is 1.90. The highest BCUT2D eigenvalue weighted by Crippen LogP contribution is 2.26. The summed E-state index contributed by atoms with van der Waals surface area (Å²) in [6.07, 6.45) is 1.71. The molecule has 1 aliphatic carbocycles. The van der Waals surface area contributed by atoms with Crippen molar-refractivity contribution in [1.29, 1.82) is 0 Å². The molecule has 0 saturated heterocycles. The predicted molar refractivity (Wildman–Crippen MR) is 69.3 cm³/mol. The van der Waals surface area contributed by atoms with E-state index in [1.165, 1.54) is 4.90 Å². The third kappa shape index (κ3) is 4.13. The summed E-state index contributed by atoms with van der Waals surface area (Å²) in [4.78, 5) is 24.0. The van der Waals surface area contributed by atoms with Crippen LogP contribution in [0.5, 0.6) is 5.75 Å². The number of hydrogen-bond donors (Lipinski definition) is 1. The van der Waals surface area contributed by atoms with Crippen LogP contribution in [0.2, 0.25) is 5.02 Å². The predicted octanol–water partition coefficient (Wildman–Crippen LogP) is 1.79. The van der Waals surface area contributed by atoms with Gasteiger partial charge in [-0.15, -0.1) is 0 Å². The first-order valence-corrected chi connectivity index (χ1v) is 6.33. The number of benzene rings is 1. The van der Waals surface area contributed by atoms with Crippen LogP contribution in [0.1, 0.15) is 12.8 Å². The quantitative estimate of drug-likeness (QED) is 0.864. The molecule has 6 heteroatoms. The Bertz CT molecular complexity index is 487. The smallest absolute Gasteiger partial charge is 0.323 e. The van der Waals surface area contributed by atoms with E-state index in [9.17, 15) is 9.59 Å². The molecule has 102 valence electrons. The minimum atomic E-state index is -1.01. The molecule has 0 bridgehead atoms. The van der Waals surface area contributed by atoms with Crippen molar-refractivity contribution < 1.29 is 19.4 Å². The molecule has 5 nitrogen and oxygen atoms in total. The number of carbonyl (C=O) groups is 2. The Labute approximate surface area is 115 Å². The van der Waals surface area contributed by atoms with E-state index in [1.54, 1.807) is 24.3 Å². The summed E-state index contributed by atoms with van der Waals surface area (Å²) in [7, 11) is 0. The van der Waals surface area contributed by atoms with Crippen molar-refractivity contribution in [3.8, 4) is 5.75 Å². The average molecular weight is 284 g/mol. The van der Waals surface area contributed by atoms with E-state index < -0.39 is 5.97 Å². The number of ether oxygens (including phenoxy) is 1. The lowest BCUT2D eigenvalue weighted by Gasteiger charge is -2.20. The zero-order valence-electron chi connectivity index (χ0n) is 10.2. The molecule has 1 aliphatic rings. The summed E-state index contributed by atoms with van der Waals surface area (Å²) in [5.41, 5.74) is 0. The fourth-order valence-electron chi connectivity index (χ4n) is 1.74. The summed E-state index contributed by atoms with van der Waals surface area (Å²) < 4.78 is 5.32. The maximum Gasteiger partial charge on any atom is 0.323 e. The van der Waals surface area contributed by atoms with Crippen LogP contribution >= 0.6 is 11.6 Å². The summed E-state index contributed by atoms with van der Waals surface area (Å²) in [6, 6.07) is 6.77. The Hall–Kier alpha value is -1.75. The van der Waals surface area contributed by atoms with Crippen molar-refractivity contribution in [1.82, 2.24) is 4.90 Å². The SMILES string of the molecule is O=C(O)CN(C(=O)COc1cccc(Cl)c1)C1CC1. The van der Waals surface area contributed by atoms with Crippen molar-refractivity contribution >= 4 is 23.5 Å². The first-order chi connectivity index (χ1) is 9.06. The van der Waals surface area contributed by atoms with Crippen LogP contribution in [-0.2, 0) is 9.59 Å². The molecule has 0 atom stereocenters. The maximum atomic E-state index is 11.9. The van der Waals surface area contributed by atoms with Gasteiger partial charge >= 0.3 is 5.97 Å². The number of amides is 1. The van der Waals surface area contributed by atoms with E-state index in [0.717, 1.165) is 12.8 Å². The molecule has 0 aromatic heterocycles. The lowest BCUT2D eigenvalue weighted by atomic mass is 10.3. The highest BCUT2D eigenvalue weighted by atomic mass is 35.5. The summed E-state index contributed by atoms with van der Waals surface area (Å²) in [5.74, 6) is -0.834. The number of rotatable bonds is 6. The van der Waals surface area contributed by atoms with E-state index in [4.69, 9.17) is 21.4 Å². The second-order valence-corrected chi connectivity index (χ2v) is 4.83. The highest BCUT2D eigenvalue weighted by Gasteiger charge is 2.33. The Morgan fingerprint density at radius 3 is 2.74 bits per heavy atom. The zero-order valence-corrected chi connectivity index (χ0v) is 11.0. The fraction of sp³-hybridized carbons (Fsp3) is 0.385. The van der Waals surface area contributed by atoms with Gasteiger partial charge in [0.25, 0.3) is 5.91 Å². The first-order valence-electron chi connectivity index (χ1n) is 5.96. The van der Waals surface area contributed by atoms with Gasteiger partial charge in [0.15, 0.2) is 6.61 Å². The topological polar surface area (TPSA) is 66.8 Å². The summed E-state index contributed by atoms with van der Waals surface area (Å²) in [5, 5.41) is 9.30. The summed E-state index contributed by atoms with van der Waals surface area (Å²) in [6.45, 7) is -0.452. The average Bonchev–Trinajstić information content (AvgIpc) is 3.17. The van der Waals surface area contributed by atoms with Gasteiger partial charge < -0.3 is 14.7 Å². The number of carbonyl (C=O) groups excluding carboxylic acids is 1. The zero-order chi connectivity index (χ0) is 13.8. The molecule has 19 heavy (non-hydrogen) atoms. The number of aliphatic carboxylic acids is 1. The molecular formula is C13H14ClNO4. The molecule has 1 amide bonds. The van der Waals surface area contributed by atoms with Crippen molar-refractivity contribution in [3.05, 3.63) is 29.3 Å². The van der Waals surface area contributed by atoms with E-state index in [-0.39, 0.29) is 25.1 Å². The van der Waals surface area contributed by atoms with Crippen molar-refractivity contribution in [2.45, 2.75) is 18.9 Å². The Morgan fingerprint density at radius 1 is 1.42 bits per heavy atom. The van der Waals surface area contributed by atoms with Gasteiger partial charge in [-0.1, -0.05) is 17.7 Å². The van der Waals surface area contributed by atoms with Gasteiger partial charge in [0.2, 0.25) is 0 Å². The molecule has 1 fully saturated rings. The fourth-order valence-corrected chi connectivity index (χ4v) is 1.92. The number of hydrogen-bond acceptors (Lipinski definition) is 3. The lowest BCUT2D eigenvalue weighted by Crippen LogP contribution is -2.40. The van der Waals surface area contributed by atoms with Crippen molar-refractivity contribution in [2.75, 3.05) is 13.2 Å². The largest absolute Gasteiger partial charge is 0.484 e. The number of carboxylic acid groups (broad SMARTS) is 1. The molecule has 0 unspecified atom stereocenters. The molecule has 1 aromatic rings. The lowest BCUT2D eigenvalue weighted by molar-refractivity contribution is -0.145. The van der Waals surface area contributed by atoms with Gasteiger partial charge in [-0.25, -0.2) is 0 Å². The van der Waals surface area contributed by atoms with Crippen LogP contribution in [-0.4, -0.2) is 41.1 Å². The van der Waals surface area contributed by atoms with Crippen LogP contribution in [0, 0.1) is 0 Å². The van der Waals surface area contributed by atoms with Crippen LogP contribution in [0.3, 0.4) is 0 Å². The van der Waals surface area contributed by atoms with Crippen LogP contribution < -0.4 is 4.74 Å². The molecule has 1 saturated carbocycles. The normalized spacial score (nSPS) is 13.9. The second kappa shape index (κ2) is 5.93. The standard InChI is InChI=1S/C13H14ClNO4/c14-9-2-1-3-11(6-9)19-8-12(16)15(7-13(17)18)10-4-5-10/h1-3,6,10H,4-5,7-8H2,(H,17,18). The van der Waals surface area contributed by atoms with E-state index >= 15 is 0 Å². The summed E-state index contributed by atoms with van der Waals surface area (Å²) >= 11 is 5.80. The third-order valence-electron chi connectivity index (χ3n) is 2.77. The molecule has 0 heterocycles. The minimum Gasteiger partial charge on any atom is -0.484 e. The molecule has 1 N–H and O–H groups in total. The Morgan fingerprint density at radius 2 is 2.16 bits per heavy atom. The second-order valence-electron chi connectivity index (χ2n) is 4.39. The number of halogens is 1. The van der Waals surface area contributed by atoms with Gasteiger partial charge in [0, 0.05) is 11.1 Å². The Kier molecular flexibility index (Phi) is 4.27. The first kappa shape index (κ1) is 13.7. The van der Waals surface area contributed by atoms with Gasteiger partial charge in [-0.2, -0.15) is 0 Å². The van der Waals surface area contributed by atoms with Crippen LogP contribution in [0.4, 0.5) is 0 Å². The number of nitrogens with zero attached hydrogens (tertiary/aromatic N) is 1. The molecule has 1 aromatic carbocycles.